The van der Waals surface area contributed by atoms with E-state index in [9.17, 15) is 9.59 Å². The maximum Gasteiger partial charge on any atom is 0.197 e. The molecule has 4 nitrogen and oxygen atoms in total. The van der Waals surface area contributed by atoms with Crippen molar-refractivity contribution in [3.63, 3.8) is 0 Å². The van der Waals surface area contributed by atoms with Crippen LogP contribution >= 0.6 is 0 Å². The zero-order valence-electron chi connectivity index (χ0n) is 16.1. The van der Waals surface area contributed by atoms with Crippen LogP contribution in [-0.4, -0.2) is 18.2 Å². The predicted molar refractivity (Wildman–Crippen MR) is 111 cm³/mol. The Kier molecular flexibility index (Phi) is 5.25. The number of ether oxygens (including phenoxy) is 2. The lowest BCUT2D eigenvalue weighted by molar-refractivity contribution is 0.0990. The molecular formula is C25H20O4. The molecule has 3 aromatic carbocycles. The van der Waals surface area contributed by atoms with Crippen molar-refractivity contribution < 1.29 is 19.1 Å². The number of carbonyl (C=O) groups excluding carboxylic acids is 2. The molecule has 144 valence electrons. The van der Waals surface area contributed by atoms with Crippen LogP contribution < -0.4 is 9.47 Å². The fourth-order valence-electron chi connectivity index (χ4n) is 3.31. The number of hydrogen-bond donors (Lipinski definition) is 0. The van der Waals surface area contributed by atoms with Gasteiger partial charge in [-0.15, -0.1) is 0 Å². The summed E-state index contributed by atoms with van der Waals surface area (Å²) in [6, 6.07) is 22.2. The summed E-state index contributed by atoms with van der Waals surface area (Å²) in [6.07, 6.45) is 1.62. The molecule has 0 heterocycles. The van der Waals surface area contributed by atoms with Crippen molar-refractivity contribution in [2.75, 3.05) is 6.61 Å². The Bertz CT molecular complexity index is 1060. The van der Waals surface area contributed by atoms with Gasteiger partial charge in [-0.05, 0) is 36.3 Å². The molecule has 0 aliphatic heterocycles. The topological polar surface area (TPSA) is 52.6 Å². The number of benzene rings is 3. The number of rotatable bonds is 6. The summed E-state index contributed by atoms with van der Waals surface area (Å²) in [7, 11) is 0. The fraction of sp³-hybridized carbons (Fsp3) is 0.120. The van der Waals surface area contributed by atoms with Crippen LogP contribution in [0.15, 0.2) is 78.4 Å². The monoisotopic (exact) mass is 384 g/mol. The van der Waals surface area contributed by atoms with Gasteiger partial charge in [-0.25, -0.2) is 0 Å². The van der Waals surface area contributed by atoms with Gasteiger partial charge in [0.05, 0.1) is 12.2 Å². The third-order valence-corrected chi connectivity index (χ3v) is 4.72. The first-order valence-corrected chi connectivity index (χ1v) is 9.51. The Hall–Kier alpha value is -3.66. The van der Waals surface area contributed by atoms with Crippen molar-refractivity contribution in [2.24, 2.45) is 0 Å². The molecule has 29 heavy (non-hydrogen) atoms. The zero-order valence-corrected chi connectivity index (χ0v) is 16.1. The Morgan fingerprint density at radius 3 is 2.07 bits per heavy atom. The predicted octanol–water partition coefficient (Wildman–Crippen LogP) is 5.13. The van der Waals surface area contributed by atoms with Gasteiger partial charge < -0.3 is 9.47 Å². The highest BCUT2D eigenvalue weighted by atomic mass is 16.5. The van der Waals surface area contributed by atoms with Crippen molar-refractivity contribution in [3.8, 4) is 11.5 Å². The molecule has 0 radical (unpaired) electrons. The molecule has 0 aromatic heterocycles. The Morgan fingerprint density at radius 2 is 1.41 bits per heavy atom. The summed E-state index contributed by atoms with van der Waals surface area (Å²) in [4.78, 5) is 25.2. The SMILES string of the molecule is CCOc1cc(C=C2C(=O)c3ccccc3C2=O)ccc1OCc1ccccc1. The summed E-state index contributed by atoms with van der Waals surface area (Å²) in [6.45, 7) is 2.80. The molecule has 0 atom stereocenters. The third-order valence-electron chi connectivity index (χ3n) is 4.72. The van der Waals surface area contributed by atoms with E-state index < -0.39 is 0 Å². The standard InChI is InChI=1S/C25H20O4/c1-2-28-23-15-18(12-13-22(23)29-16-17-8-4-3-5-9-17)14-21-24(26)19-10-6-7-11-20(19)25(21)27/h3-15H,2,16H2,1H3. The summed E-state index contributed by atoms with van der Waals surface area (Å²) < 4.78 is 11.6. The second kappa shape index (κ2) is 8.15. The third kappa shape index (κ3) is 3.83. The van der Waals surface area contributed by atoms with Crippen molar-refractivity contribution in [2.45, 2.75) is 13.5 Å². The fourth-order valence-corrected chi connectivity index (χ4v) is 3.31. The van der Waals surface area contributed by atoms with Gasteiger partial charge in [-0.1, -0.05) is 60.7 Å². The average molecular weight is 384 g/mol. The van der Waals surface area contributed by atoms with Gasteiger partial charge in [0, 0.05) is 11.1 Å². The number of carbonyl (C=O) groups is 2. The molecule has 0 fully saturated rings. The first kappa shape index (κ1) is 18.7. The number of fused-ring (bicyclic) bond motifs is 1. The molecule has 1 aliphatic rings. The summed E-state index contributed by atoms with van der Waals surface area (Å²) in [5.74, 6) is 0.708. The van der Waals surface area contributed by atoms with Crippen LogP contribution in [-0.2, 0) is 6.61 Å². The van der Waals surface area contributed by atoms with E-state index in [4.69, 9.17) is 9.47 Å². The smallest absolute Gasteiger partial charge is 0.197 e. The molecule has 0 saturated heterocycles. The summed E-state index contributed by atoms with van der Waals surface area (Å²) in [5.41, 5.74) is 2.85. The van der Waals surface area contributed by atoms with Gasteiger partial charge in [0.2, 0.25) is 0 Å². The molecule has 0 saturated carbocycles. The van der Waals surface area contributed by atoms with Gasteiger partial charge in [0.1, 0.15) is 6.61 Å². The highest BCUT2D eigenvalue weighted by Crippen LogP contribution is 2.32. The van der Waals surface area contributed by atoms with Crippen LogP contribution in [0.5, 0.6) is 11.5 Å². The van der Waals surface area contributed by atoms with Crippen LogP contribution in [0.2, 0.25) is 0 Å². The van der Waals surface area contributed by atoms with E-state index in [1.165, 1.54) is 0 Å². The quantitative estimate of drug-likeness (QED) is 0.437. The maximum absolute atomic E-state index is 12.6. The van der Waals surface area contributed by atoms with Gasteiger partial charge in [0.15, 0.2) is 23.1 Å². The molecule has 3 aromatic rings. The second-order valence-electron chi connectivity index (χ2n) is 6.68. The average Bonchev–Trinajstić information content (AvgIpc) is 2.99. The van der Waals surface area contributed by atoms with E-state index >= 15 is 0 Å². The highest BCUT2D eigenvalue weighted by Gasteiger charge is 2.32. The minimum absolute atomic E-state index is 0.173. The molecule has 4 rings (SSSR count). The Labute approximate surface area is 169 Å². The molecular weight excluding hydrogens is 364 g/mol. The first-order valence-electron chi connectivity index (χ1n) is 9.51. The highest BCUT2D eigenvalue weighted by molar-refractivity contribution is 6.41. The van der Waals surface area contributed by atoms with E-state index in [0.717, 1.165) is 5.56 Å². The lowest BCUT2D eigenvalue weighted by Gasteiger charge is -2.13. The van der Waals surface area contributed by atoms with Crippen LogP contribution in [0.4, 0.5) is 0 Å². The van der Waals surface area contributed by atoms with Crippen molar-refractivity contribution >= 4 is 17.6 Å². The molecule has 0 spiro atoms. The van der Waals surface area contributed by atoms with Gasteiger partial charge in [-0.2, -0.15) is 0 Å². The molecule has 4 heteroatoms. The maximum atomic E-state index is 12.6. The Balaban J connectivity index is 1.60. The number of Topliss-reactive ketones (excluding diaryl/α,β-unsaturated/α-hetero) is 2. The van der Waals surface area contributed by atoms with E-state index in [-0.39, 0.29) is 17.1 Å². The van der Waals surface area contributed by atoms with E-state index in [0.29, 0.717) is 41.4 Å². The lowest BCUT2D eigenvalue weighted by Crippen LogP contribution is -2.02. The summed E-state index contributed by atoms with van der Waals surface area (Å²) in [5, 5.41) is 0. The molecule has 0 bridgehead atoms. The normalized spacial score (nSPS) is 12.7. The van der Waals surface area contributed by atoms with Gasteiger partial charge >= 0.3 is 0 Å². The minimum Gasteiger partial charge on any atom is -0.490 e. The number of hydrogen-bond acceptors (Lipinski definition) is 4. The van der Waals surface area contributed by atoms with Crippen LogP contribution in [0.1, 0.15) is 38.8 Å². The Morgan fingerprint density at radius 1 is 0.759 bits per heavy atom. The lowest BCUT2D eigenvalue weighted by atomic mass is 10.1. The first-order chi connectivity index (χ1) is 14.2. The van der Waals surface area contributed by atoms with Gasteiger partial charge in [-0.3, -0.25) is 9.59 Å². The van der Waals surface area contributed by atoms with Gasteiger partial charge in [0.25, 0.3) is 0 Å². The van der Waals surface area contributed by atoms with E-state index in [1.807, 2.05) is 43.3 Å². The van der Waals surface area contributed by atoms with Crippen molar-refractivity contribution in [1.29, 1.82) is 0 Å². The van der Waals surface area contributed by atoms with E-state index in [1.54, 1.807) is 42.5 Å². The molecule has 1 aliphatic carbocycles. The number of allylic oxidation sites excluding steroid dienone is 1. The van der Waals surface area contributed by atoms with Crippen molar-refractivity contribution in [1.82, 2.24) is 0 Å². The molecule has 0 unspecified atom stereocenters. The molecule has 0 amide bonds. The zero-order chi connectivity index (χ0) is 20.2. The van der Waals surface area contributed by atoms with Crippen molar-refractivity contribution in [3.05, 3.63) is 101 Å². The van der Waals surface area contributed by atoms with Crippen LogP contribution in [0.3, 0.4) is 0 Å². The minimum atomic E-state index is -0.243. The molecule has 0 N–H and O–H groups in total. The number of ketones is 2. The second-order valence-corrected chi connectivity index (χ2v) is 6.68. The van der Waals surface area contributed by atoms with Crippen LogP contribution in [0, 0.1) is 0 Å². The largest absolute Gasteiger partial charge is 0.490 e. The van der Waals surface area contributed by atoms with E-state index in [2.05, 4.69) is 0 Å². The summed E-state index contributed by atoms with van der Waals surface area (Å²) >= 11 is 0. The van der Waals surface area contributed by atoms with Crippen LogP contribution in [0.25, 0.3) is 6.08 Å².